The molecule has 0 radical (unpaired) electrons. The molecule has 0 spiro atoms. The average molecular weight is 283 g/mol. The molecule has 1 aromatic rings. The lowest BCUT2D eigenvalue weighted by atomic mass is 10.2. The number of thioether (sulfide) groups is 1. The Bertz CT molecular complexity index is 341. The first kappa shape index (κ1) is 11.7. The van der Waals surface area contributed by atoms with Gasteiger partial charge in [0.25, 0.3) is 0 Å². The molecule has 15 heavy (non-hydrogen) atoms. The van der Waals surface area contributed by atoms with Crippen LogP contribution < -0.4 is 5.32 Å². The van der Waals surface area contributed by atoms with Crippen molar-refractivity contribution in [1.82, 2.24) is 0 Å². The van der Waals surface area contributed by atoms with Crippen molar-refractivity contribution in [3.05, 3.63) is 27.2 Å². The molecule has 1 unspecified atom stereocenters. The maximum atomic E-state index is 6.08. The fourth-order valence-corrected chi connectivity index (χ4v) is 3.61. The lowest BCUT2D eigenvalue weighted by Crippen LogP contribution is -2.18. The number of hydrogen-bond donors (Lipinski definition) is 1. The minimum absolute atomic E-state index is 0.464. The fourth-order valence-electron chi connectivity index (χ4n) is 1.53. The molecular formula is C10H10Cl3NS. The van der Waals surface area contributed by atoms with Gasteiger partial charge in [-0.05, 0) is 24.3 Å². The predicted octanol–water partition coefficient (Wildman–Crippen LogP) is 4.56. The molecule has 1 aliphatic rings. The van der Waals surface area contributed by atoms with E-state index in [2.05, 4.69) is 5.32 Å². The largest absolute Gasteiger partial charge is 0.379 e. The van der Waals surface area contributed by atoms with E-state index in [-0.39, 0.29) is 0 Å². The number of benzene rings is 1. The van der Waals surface area contributed by atoms with Crippen LogP contribution in [-0.2, 0) is 0 Å². The molecule has 0 bridgehead atoms. The van der Waals surface area contributed by atoms with Crippen molar-refractivity contribution in [3.8, 4) is 0 Å². The summed E-state index contributed by atoms with van der Waals surface area (Å²) in [6, 6.07) is 3.88. The van der Waals surface area contributed by atoms with Crippen molar-refractivity contribution in [3.63, 3.8) is 0 Å². The second kappa shape index (κ2) is 5.05. The first-order valence-electron chi connectivity index (χ1n) is 4.65. The van der Waals surface area contributed by atoms with Gasteiger partial charge in [0.1, 0.15) is 0 Å². The van der Waals surface area contributed by atoms with E-state index < -0.39 is 0 Å². The average Bonchev–Trinajstić information content (AvgIpc) is 2.63. The molecule has 5 heteroatoms. The van der Waals surface area contributed by atoms with Crippen LogP contribution in [0.25, 0.3) is 0 Å². The Morgan fingerprint density at radius 2 is 1.87 bits per heavy atom. The smallest absolute Gasteiger partial charge is 0.0722 e. The van der Waals surface area contributed by atoms with E-state index >= 15 is 0 Å². The van der Waals surface area contributed by atoms with Gasteiger partial charge < -0.3 is 5.32 Å². The minimum Gasteiger partial charge on any atom is -0.379 e. The fraction of sp³-hybridized carbons (Fsp3) is 0.400. The van der Waals surface area contributed by atoms with Crippen LogP contribution in [0.2, 0.25) is 15.1 Å². The Kier molecular flexibility index (Phi) is 3.94. The van der Waals surface area contributed by atoms with Crippen LogP contribution in [0.1, 0.15) is 6.42 Å². The van der Waals surface area contributed by atoms with Crippen molar-refractivity contribution in [2.45, 2.75) is 12.5 Å². The molecule has 0 amide bonds. The molecule has 2 rings (SSSR count). The zero-order valence-electron chi connectivity index (χ0n) is 7.90. The van der Waals surface area contributed by atoms with E-state index in [4.69, 9.17) is 34.8 Å². The standard InChI is InChI=1S/C10H10Cl3NS/c11-6-3-8(12)10(9(13)4-6)14-7-1-2-15-5-7/h3-4,7,14H,1-2,5H2. The first-order valence-corrected chi connectivity index (χ1v) is 6.94. The molecule has 1 fully saturated rings. The summed E-state index contributed by atoms with van der Waals surface area (Å²) in [6.07, 6.45) is 1.15. The molecule has 1 aromatic carbocycles. The van der Waals surface area contributed by atoms with Gasteiger partial charge in [-0.25, -0.2) is 0 Å². The summed E-state index contributed by atoms with van der Waals surface area (Å²) < 4.78 is 0. The Morgan fingerprint density at radius 1 is 1.20 bits per heavy atom. The van der Waals surface area contributed by atoms with Gasteiger partial charge in [0.05, 0.1) is 15.7 Å². The van der Waals surface area contributed by atoms with Crippen LogP contribution in [0.4, 0.5) is 5.69 Å². The van der Waals surface area contributed by atoms with E-state index in [1.54, 1.807) is 12.1 Å². The highest BCUT2D eigenvalue weighted by Gasteiger charge is 2.17. The number of hydrogen-bond acceptors (Lipinski definition) is 2. The van der Waals surface area contributed by atoms with Gasteiger partial charge in [0.15, 0.2) is 0 Å². The number of nitrogens with one attached hydrogen (secondary N) is 1. The van der Waals surface area contributed by atoms with Crippen molar-refractivity contribution >= 4 is 52.3 Å². The van der Waals surface area contributed by atoms with Crippen molar-refractivity contribution < 1.29 is 0 Å². The second-order valence-corrected chi connectivity index (χ2v) is 5.85. The third-order valence-electron chi connectivity index (χ3n) is 2.29. The monoisotopic (exact) mass is 281 g/mol. The van der Waals surface area contributed by atoms with Crippen molar-refractivity contribution in [2.24, 2.45) is 0 Å². The summed E-state index contributed by atoms with van der Waals surface area (Å²) in [6.45, 7) is 0. The molecule has 1 atom stereocenters. The van der Waals surface area contributed by atoms with Crippen LogP contribution in [0.15, 0.2) is 12.1 Å². The van der Waals surface area contributed by atoms with Crippen LogP contribution in [-0.4, -0.2) is 17.5 Å². The van der Waals surface area contributed by atoms with Gasteiger partial charge in [-0.3, -0.25) is 0 Å². The van der Waals surface area contributed by atoms with Crippen LogP contribution in [0.5, 0.6) is 0 Å². The van der Waals surface area contributed by atoms with E-state index in [0.717, 1.165) is 17.9 Å². The van der Waals surface area contributed by atoms with Crippen LogP contribution >= 0.6 is 46.6 Å². The van der Waals surface area contributed by atoms with Gasteiger partial charge in [-0.1, -0.05) is 34.8 Å². The molecule has 1 saturated heterocycles. The maximum Gasteiger partial charge on any atom is 0.0722 e. The summed E-state index contributed by atoms with van der Waals surface area (Å²) in [5, 5.41) is 5.10. The molecule has 0 aromatic heterocycles. The topological polar surface area (TPSA) is 12.0 Å². The predicted molar refractivity (Wildman–Crippen MR) is 70.8 cm³/mol. The molecule has 82 valence electrons. The first-order chi connectivity index (χ1) is 7.16. The van der Waals surface area contributed by atoms with Crippen LogP contribution in [0.3, 0.4) is 0 Å². The van der Waals surface area contributed by atoms with Gasteiger partial charge in [-0.15, -0.1) is 0 Å². The summed E-state index contributed by atoms with van der Waals surface area (Å²) >= 11 is 19.9. The maximum absolute atomic E-state index is 6.08. The summed E-state index contributed by atoms with van der Waals surface area (Å²) in [4.78, 5) is 0. The molecule has 1 nitrogen and oxygen atoms in total. The van der Waals surface area contributed by atoms with Gasteiger partial charge in [0, 0.05) is 16.8 Å². The molecule has 0 aliphatic carbocycles. The van der Waals surface area contributed by atoms with Gasteiger partial charge >= 0.3 is 0 Å². The van der Waals surface area contributed by atoms with Gasteiger partial charge in [-0.2, -0.15) is 11.8 Å². The summed E-state index contributed by atoms with van der Waals surface area (Å²) in [7, 11) is 0. The minimum atomic E-state index is 0.464. The van der Waals surface area contributed by atoms with Crippen molar-refractivity contribution in [1.29, 1.82) is 0 Å². The molecule has 1 aliphatic heterocycles. The van der Waals surface area contributed by atoms with Crippen LogP contribution in [0, 0.1) is 0 Å². The number of halogens is 3. The highest BCUT2D eigenvalue weighted by atomic mass is 35.5. The summed E-state index contributed by atoms with van der Waals surface area (Å²) in [5.74, 6) is 2.30. The number of rotatable bonds is 2. The quantitative estimate of drug-likeness (QED) is 0.853. The van der Waals surface area contributed by atoms with E-state index in [1.165, 1.54) is 5.75 Å². The third-order valence-corrected chi connectivity index (χ3v) is 4.26. The molecule has 0 saturated carbocycles. The highest BCUT2D eigenvalue weighted by molar-refractivity contribution is 7.99. The Balaban J connectivity index is 2.19. The SMILES string of the molecule is Clc1cc(Cl)c(NC2CCSC2)c(Cl)c1. The molecule has 1 N–H and O–H groups in total. The molecular weight excluding hydrogens is 273 g/mol. The number of anilines is 1. The van der Waals surface area contributed by atoms with E-state index in [9.17, 15) is 0 Å². The Morgan fingerprint density at radius 3 is 2.40 bits per heavy atom. The molecule has 1 heterocycles. The Hall–Kier alpha value is 0.240. The second-order valence-electron chi connectivity index (χ2n) is 3.45. The zero-order valence-corrected chi connectivity index (χ0v) is 11.0. The van der Waals surface area contributed by atoms with E-state index in [1.807, 2.05) is 11.8 Å². The zero-order chi connectivity index (χ0) is 10.8. The van der Waals surface area contributed by atoms with Crippen molar-refractivity contribution in [2.75, 3.05) is 16.8 Å². The highest BCUT2D eigenvalue weighted by Crippen LogP contribution is 2.35. The summed E-state index contributed by atoms with van der Waals surface area (Å²) in [5.41, 5.74) is 0.801. The lowest BCUT2D eigenvalue weighted by molar-refractivity contribution is 0.813. The van der Waals surface area contributed by atoms with E-state index in [0.29, 0.717) is 21.1 Å². The lowest BCUT2D eigenvalue weighted by Gasteiger charge is -2.15. The van der Waals surface area contributed by atoms with Gasteiger partial charge in [0.2, 0.25) is 0 Å². The normalized spacial score (nSPS) is 20.6. The Labute approximate surface area is 108 Å². The third kappa shape index (κ3) is 2.88.